The predicted octanol–water partition coefficient (Wildman–Crippen LogP) is 2.96. The summed E-state index contributed by atoms with van der Waals surface area (Å²) >= 11 is 6.03. The number of hydrogen-bond acceptors (Lipinski definition) is 2. The summed E-state index contributed by atoms with van der Waals surface area (Å²) in [5.74, 6) is 0.669. The van der Waals surface area contributed by atoms with Gasteiger partial charge in [-0.2, -0.15) is 0 Å². The van der Waals surface area contributed by atoms with Crippen LogP contribution in [0.5, 0.6) is 0 Å². The lowest BCUT2D eigenvalue weighted by atomic mass is 10.1. The molecule has 1 aromatic rings. The average molecular weight is 197 g/mol. The Hall–Kier alpha value is -0.630. The van der Waals surface area contributed by atoms with E-state index in [4.69, 9.17) is 11.6 Å². The minimum absolute atomic E-state index is 0.652. The van der Waals surface area contributed by atoms with Crippen LogP contribution in [0.25, 0.3) is 0 Å². The molecule has 1 heterocycles. The van der Waals surface area contributed by atoms with Gasteiger partial charge in [0.25, 0.3) is 0 Å². The molecule has 2 rings (SSSR count). The molecule has 0 aliphatic heterocycles. The van der Waals surface area contributed by atoms with Crippen LogP contribution < -0.4 is 0 Å². The summed E-state index contributed by atoms with van der Waals surface area (Å²) in [6.45, 7) is 2.15. The molecule has 3 heteroatoms. The molecule has 2 nitrogen and oxygen atoms in total. The second kappa shape index (κ2) is 3.62. The second-order valence-corrected chi connectivity index (χ2v) is 3.91. The van der Waals surface area contributed by atoms with Crippen LogP contribution in [0.2, 0.25) is 5.15 Å². The van der Waals surface area contributed by atoms with Gasteiger partial charge in [-0.3, -0.25) is 0 Å². The van der Waals surface area contributed by atoms with Crippen LogP contribution in [0.4, 0.5) is 0 Å². The van der Waals surface area contributed by atoms with Crippen molar-refractivity contribution in [1.82, 2.24) is 9.97 Å². The fraction of sp³-hybridized carbons (Fsp3) is 0.600. The maximum absolute atomic E-state index is 6.03. The monoisotopic (exact) mass is 196 g/mol. The summed E-state index contributed by atoms with van der Waals surface area (Å²) in [4.78, 5) is 8.35. The highest BCUT2D eigenvalue weighted by Crippen LogP contribution is 2.41. The van der Waals surface area contributed by atoms with E-state index in [2.05, 4.69) is 16.9 Å². The summed E-state index contributed by atoms with van der Waals surface area (Å²) in [6, 6.07) is 0. The van der Waals surface area contributed by atoms with Crippen LogP contribution in [0.15, 0.2) is 6.33 Å². The van der Waals surface area contributed by atoms with Crippen molar-refractivity contribution in [3.8, 4) is 0 Å². The lowest BCUT2D eigenvalue weighted by Crippen LogP contribution is -1.98. The van der Waals surface area contributed by atoms with Gasteiger partial charge in [-0.25, -0.2) is 9.97 Å². The van der Waals surface area contributed by atoms with Crippen molar-refractivity contribution in [1.29, 1.82) is 0 Å². The zero-order valence-electron chi connectivity index (χ0n) is 7.76. The van der Waals surface area contributed by atoms with E-state index in [0.717, 1.165) is 12.8 Å². The van der Waals surface area contributed by atoms with Crippen LogP contribution in [0.3, 0.4) is 0 Å². The van der Waals surface area contributed by atoms with Crippen molar-refractivity contribution in [3.05, 3.63) is 22.7 Å². The van der Waals surface area contributed by atoms with Gasteiger partial charge in [0, 0.05) is 11.5 Å². The summed E-state index contributed by atoms with van der Waals surface area (Å²) in [5, 5.41) is 0.652. The van der Waals surface area contributed by atoms with Crippen LogP contribution in [-0.4, -0.2) is 9.97 Å². The lowest BCUT2D eigenvalue weighted by Gasteiger charge is -2.06. The average Bonchev–Trinajstić information content (AvgIpc) is 2.92. The lowest BCUT2D eigenvalue weighted by molar-refractivity contribution is 0.854. The Balaban J connectivity index is 2.35. The zero-order valence-corrected chi connectivity index (χ0v) is 8.51. The SMILES string of the molecule is CCCc1c(Cl)ncnc1C1CC1. The molecule has 0 amide bonds. The molecule has 0 bridgehead atoms. The molecule has 1 aliphatic carbocycles. The minimum atomic E-state index is 0.652. The number of rotatable bonds is 3. The van der Waals surface area contributed by atoms with Crippen molar-refractivity contribution in [2.75, 3.05) is 0 Å². The number of halogens is 1. The van der Waals surface area contributed by atoms with E-state index < -0.39 is 0 Å². The first kappa shape index (κ1) is 8.95. The maximum atomic E-state index is 6.03. The first-order chi connectivity index (χ1) is 6.33. The van der Waals surface area contributed by atoms with E-state index in [9.17, 15) is 0 Å². The van der Waals surface area contributed by atoms with E-state index in [-0.39, 0.29) is 0 Å². The summed E-state index contributed by atoms with van der Waals surface area (Å²) in [5.41, 5.74) is 2.37. The van der Waals surface area contributed by atoms with Gasteiger partial charge in [0.05, 0.1) is 5.69 Å². The highest BCUT2D eigenvalue weighted by atomic mass is 35.5. The van der Waals surface area contributed by atoms with E-state index in [0.29, 0.717) is 11.1 Å². The molecule has 13 heavy (non-hydrogen) atoms. The molecule has 1 fully saturated rings. The van der Waals surface area contributed by atoms with Crippen LogP contribution in [0, 0.1) is 0 Å². The van der Waals surface area contributed by atoms with Crippen molar-refractivity contribution in [2.45, 2.75) is 38.5 Å². The van der Waals surface area contributed by atoms with Gasteiger partial charge in [-0.05, 0) is 19.3 Å². The van der Waals surface area contributed by atoms with Crippen molar-refractivity contribution >= 4 is 11.6 Å². The van der Waals surface area contributed by atoms with Gasteiger partial charge in [-0.1, -0.05) is 24.9 Å². The summed E-state index contributed by atoms with van der Waals surface area (Å²) < 4.78 is 0. The van der Waals surface area contributed by atoms with Gasteiger partial charge < -0.3 is 0 Å². The molecule has 0 unspecified atom stereocenters. The summed E-state index contributed by atoms with van der Waals surface area (Å²) in [7, 11) is 0. The Morgan fingerprint density at radius 2 is 2.23 bits per heavy atom. The molecular weight excluding hydrogens is 184 g/mol. The smallest absolute Gasteiger partial charge is 0.135 e. The van der Waals surface area contributed by atoms with Crippen molar-refractivity contribution in [2.24, 2.45) is 0 Å². The van der Waals surface area contributed by atoms with Gasteiger partial charge in [0.15, 0.2) is 0 Å². The molecule has 1 saturated carbocycles. The summed E-state index contributed by atoms with van der Waals surface area (Å²) in [6.07, 6.45) is 6.22. The Morgan fingerprint density at radius 1 is 1.46 bits per heavy atom. The molecule has 1 aliphatic rings. The number of nitrogens with zero attached hydrogens (tertiary/aromatic N) is 2. The number of hydrogen-bond donors (Lipinski definition) is 0. The van der Waals surface area contributed by atoms with E-state index in [1.807, 2.05) is 0 Å². The Bertz CT molecular complexity index is 308. The number of aromatic nitrogens is 2. The molecule has 1 aromatic heterocycles. The fourth-order valence-electron chi connectivity index (χ4n) is 1.59. The zero-order chi connectivity index (χ0) is 9.26. The third-order valence-corrected chi connectivity index (χ3v) is 2.72. The third kappa shape index (κ3) is 1.83. The molecule has 0 spiro atoms. The molecular formula is C10H13ClN2. The Kier molecular flexibility index (Phi) is 2.49. The van der Waals surface area contributed by atoms with Crippen LogP contribution >= 0.6 is 11.6 Å². The van der Waals surface area contributed by atoms with E-state index in [1.54, 1.807) is 6.33 Å². The molecule has 0 saturated heterocycles. The second-order valence-electron chi connectivity index (χ2n) is 3.55. The maximum Gasteiger partial charge on any atom is 0.135 e. The third-order valence-electron chi connectivity index (χ3n) is 2.39. The molecule has 70 valence electrons. The van der Waals surface area contributed by atoms with Crippen molar-refractivity contribution < 1.29 is 0 Å². The van der Waals surface area contributed by atoms with Gasteiger partial charge in [0.2, 0.25) is 0 Å². The largest absolute Gasteiger partial charge is 0.241 e. The fourth-order valence-corrected chi connectivity index (χ4v) is 1.83. The molecule has 0 atom stereocenters. The van der Waals surface area contributed by atoms with E-state index in [1.165, 1.54) is 24.1 Å². The Labute approximate surface area is 83.4 Å². The van der Waals surface area contributed by atoms with Gasteiger partial charge in [-0.15, -0.1) is 0 Å². The van der Waals surface area contributed by atoms with Gasteiger partial charge >= 0.3 is 0 Å². The van der Waals surface area contributed by atoms with E-state index >= 15 is 0 Å². The molecule has 0 radical (unpaired) electrons. The molecule has 0 N–H and O–H groups in total. The first-order valence-corrected chi connectivity index (χ1v) is 5.20. The quantitative estimate of drug-likeness (QED) is 0.695. The molecule has 0 aromatic carbocycles. The van der Waals surface area contributed by atoms with Gasteiger partial charge in [0.1, 0.15) is 11.5 Å². The predicted molar refractivity (Wildman–Crippen MR) is 53.0 cm³/mol. The van der Waals surface area contributed by atoms with Crippen molar-refractivity contribution in [3.63, 3.8) is 0 Å². The highest BCUT2D eigenvalue weighted by molar-refractivity contribution is 6.30. The topological polar surface area (TPSA) is 25.8 Å². The standard InChI is InChI=1S/C10H13ClN2/c1-2-3-8-9(7-4-5-7)12-6-13-10(8)11/h6-7H,2-5H2,1H3. The normalized spacial score (nSPS) is 16.2. The first-order valence-electron chi connectivity index (χ1n) is 4.82. The highest BCUT2D eigenvalue weighted by Gasteiger charge is 2.28. The minimum Gasteiger partial charge on any atom is -0.241 e. The van der Waals surface area contributed by atoms with Crippen LogP contribution in [-0.2, 0) is 6.42 Å². The Morgan fingerprint density at radius 3 is 2.85 bits per heavy atom. The van der Waals surface area contributed by atoms with Crippen LogP contribution in [0.1, 0.15) is 43.4 Å².